The van der Waals surface area contributed by atoms with Crippen LogP contribution in [0, 0.1) is 0 Å². The van der Waals surface area contributed by atoms with Crippen molar-refractivity contribution in [2.45, 2.75) is 37.1 Å². The molecule has 1 aromatic carbocycles. The number of methoxy groups -OCH3 is 1. The lowest BCUT2D eigenvalue weighted by Gasteiger charge is -2.51. The molecule has 2 fully saturated rings. The Morgan fingerprint density at radius 3 is 2.63 bits per heavy atom. The molecule has 1 saturated carbocycles. The third-order valence-electron chi connectivity index (χ3n) is 6.38. The van der Waals surface area contributed by atoms with Gasteiger partial charge in [0.1, 0.15) is 0 Å². The molecule has 1 saturated heterocycles. The maximum absolute atomic E-state index is 13.8. The summed E-state index contributed by atoms with van der Waals surface area (Å²) >= 11 is 1.91. The van der Waals surface area contributed by atoms with Gasteiger partial charge in [-0.25, -0.2) is 0 Å². The van der Waals surface area contributed by atoms with Crippen molar-refractivity contribution >= 4 is 23.6 Å². The van der Waals surface area contributed by atoms with Crippen molar-refractivity contribution < 1.29 is 14.3 Å². The zero-order valence-corrected chi connectivity index (χ0v) is 16.8. The second-order valence-electron chi connectivity index (χ2n) is 7.72. The van der Waals surface area contributed by atoms with E-state index >= 15 is 0 Å². The Labute approximate surface area is 165 Å². The van der Waals surface area contributed by atoms with Gasteiger partial charge in [-0.15, -0.1) is 0 Å². The number of rotatable bonds is 4. The Morgan fingerprint density at radius 1 is 1.22 bits per heavy atom. The highest BCUT2D eigenvalue weighted by atomic mass is 32.2. The highest BCUT2D eigenvalue weighted by Gasteiger charge is 2.56. The molecule has 0 N–H and O–H groups in total. The van der Waals surface area contributed by atoms with E-state index in [2.05, 4.69) is 0 Å². The molecule has 146 valence electrons. The van der Waals surface area contributed by atoms with Crippen molar-refractivity contribution in [1.29, 1.82) is 0 Å². The number of hydrogen-bond acceptors (Lipinski definition) is 4. The number of hydrogen-bond donors (Lipinski definition) is 0. The van der Waals surface area contributed by atoms with Crippen LogP contribution in [0.15, 0.2) is 24.3 Å². The highest BCUT2D eigenvalue weighted by molar-refractivity contribution is 7.99. The van der Waals surface area contributed by atoms with Crippen molar-refractivity contribution in [3.05, 3.63) is 35.4 Å². The van der Waals surface area contributed by atoms with Crippen LogP contribution in [0.3, 0.4) is 0 Å². The molecule has 1 aromatic rings. The molecule has 3 aliphatic rings. The summed E-state index contributed by atoms with van der Waals surface area (Å²) in [5.74, 6) is 2.01. The number of carbonyl (C=O) groups is 2. The molecule has 1 atom stereocenters. The van der Waals surface area contributed by atoms with Crippen LogP contribution in [0.25, 0.3) is 0 Å². The molecule has 1 spiro atoms. The van der Waals surface area contributed by atoms with Gasteiger partial charge < -0.3 is 14.5 Å². The molecule has 6 heteroatoms. The first kappa shape index (κ1) is 18.8. The third kappa shape index (κ3) is 3.17. The maximum Gasteiger partial charge on any atom is 0.254 e. The molecule has 0 bridgehead atoms. The molecule has 2 heterocycles. The summed E-state index contributed by atoms with van der Waals surface area (Å²) in [4.78, 5) is 31.1. The Bertz CT molecular complexity index is 711. The molecule has 0 aromatic heterocycles. The van der Waals surface area contributed by atoms with E-state index in [-0.39, 0.29) is 17.7 Å². The normalized spacial score (nSPS) is 24.3. The van der Waals surface area contributed by atoms with Crippen LogP contribution in [0.1, 0.15) is 47.5 Å². The van der Waals surface area contributed by atoms with Gasteiger partial charge in [0.2, 0.25) is 5.91 Å². The minimum atomic E-state index is -0.397. The lowest BCUT2D eigenvalue weighted by molar-refractivity contribution is -0.136. The van der Waals surface area contributed by atoms with Crippen LogP contribution in [-0.2, 0) is 9.53 Å². The van der Waals surface area contributed by atoms with Gasteiger partial charge in [-0.3, -0.25) is 9.59 Å². The molecule has 27 heavy (non-hydrogen) atoms. The smallest absolute Gasteiger partial charge is 0.254 e. The van der Waals surface area contributed by atoms with E-state index in [0.29, 0.717) is 18.7 Å². The first-order valence-electron chi connectivity index (χ1n) is 9.95. The number of benzene rings is 1. The van der Waals surface area contributed by atoms with Crippen LogP contribution in [0.2, 0.25) is 0 Å². The second-order valence-corrected chi connectivity index (χ2v) is 8.94. The van der Waals surface area contributed by atoms with E-state index < -0.39 is 5.54 Å². The summed E-state index contributed by atoms with van der Waals surface area (Å²) in [6.07, 6.45) is 3.93. The number of amides is 2. The number of nitrogens with zero attached hydrogens (tertiary/aromatic N) is 2. The summed E-state index contributed by atoms with van der Waals surface area (Å²) in [6.45, 7) is 2.66. The Kier molecular flexibility index (Phi) is 5.46. The average molecular weight is 389 g/mol. The third-order valence-corrected chi connectivity index (χ3v) is 7.32. The fourth-order valence-corrected chi connectivity index (χ4v) is 6.02. The number of ether oxygens (including phenoxy) is 1. The van der Waals surface area contributed by atoms with E-state index in [0.717, 1.165) is 55.8 Å². The van der Waals surface area contributed by atoms with Crippen molar-refractivity contribution in [3.63, 3.8) is 0 Å². The standard InChI is InChI=1S/C21H28N2O3S/c1-26-13-10-23-19(24)17-7-3-2-6-16(17)18(21(23)8-4-5-9-21)20(25)22-11-14-27-15-12-22/h2-3,6-7,18H,4-5,8-15H2,1H3. The van der Waals surface area contributed by atoms with E-state index in [1.807, 2.05) is 45.8 Å². The number of carbonyl (C=O) groups excluding carboxylic acids is 2. The highest BCUT2D eigenvalue weighted by Crippen LogP contribution is 2.50. The Balaban J connectivity index is 1.80. The van der Waals surface area contributed by atoms with Crippen LogP contribution < -0.4 is 0 Å². The molecular formula is C21H28N2O3S. The van der Waals surface area contributed by atoms with Crippen LogP contribution in [0.4, 0.5) is 0 Å². The summed E-state index contributed by atoms with van der Waals surface area (Å²) in [5.41, 5.74) is 1.23. The monoisotopic (exact) mass is 388 g/mol. The predicted octanol–water partition coefficient (Wildman–Crippen LogP) is 2.76. The van der Waals surface area contributed by atoms with E-state index in [9.17, 15) is 9.59 Å². The van der Waals surface area contributed by atoms with Crippen molar-refractivity contribution in [1.82, 2.24) is 9.80 Å². The van der Waals surface area contributed by atoms with E-state index in [1.165, 1.54) is 0 Å². The first-order chi connectivity index (χ1) is 13.2. The predicted molar refractivity (Wildman–Crippen MR) is 107 cm³/mol. The fraction of sp³-hybridized carbons (Fsp3) is 0.619. The van der Waals surface area contributed by atoms with Crippen molar-refractivity contribution in [2.75, 3.05) is 44.9 Å². The number of fused-ring (bicyclic) bond motifs is 1. The average Bonchev–Trinajstić information content (AvgIpc) is 3.18. The summed E-state index contributed by atoms with van der Waals surface area (Å²) in [7, 11) is 1.66. The zero-order valence-electron chi connectivity index (χ0n) is 16.0. The molecule has 1 unspecified atom stereocenters. The Hall–Kier alpha value is -1.53. The van der Waals surface area contributed by atoms with Crippen molar-refractivity contribution in [2.24, 2.45) is 0 Å². The van der Waals surface area contributed by atoms with Gasteiger partial charge in [-0.1, -0.05) is 31.0 Å². The minimum absolute atomic E-state index is 0.0581. The van der Waals surface area contributed by atoms with E-state index in [4.69, 9.17) is 4.74 Å². The summed E-state index contributed by atoms with van der Waals surface area (Å²) in [6, 6.07) is 7.75. The van der Waals surface area contributed by atoms with E-state index in [1.54, 1.807) is 7.11 Å². The largest absolute Gasteiger partial charge is 0.383 e. The first-order valence-corrected chi connectivity index (χ1v) is 11.1. The topological polar surface area (TPSA) is 49.9 Å². The fourth-order valence-electron chi connectivity index (χ4n) is 5.12. The van der Waals surface area contributed by atoms with Gasteiger partial charge in [0.15, 0.2) is 0 Å². The lowest BCUT2D eigenvalue weighted by atomic mass is 9.70. The lowest BCUT2D eigenvalue weighted by Crippen LogP contribution is -2.62. The van der Waals surface area contributed by atoms with Crippen molar-refractivity contribution in [3.8, 4) is 0 Å². The van der Waals surface area contributed by atoms with Gasteiger partial charge >= 0.3 is 0 Å². The second kappa shape index (κ2) is 7.84. The van der Waals surface area contributed by atoms with Gasteiger partial charge in [-0.05, 0) is 24.5 Å². The van der Waals surface area contributed by atoms with Gasteiger partial charge in [0.25, 0.3) is 5.91 Å². The minimum Gasteiger partial charge on any atom is -0.383 e. The molecule has 5 nitrogen and oxygen atoms in total. The molecule has 1 aliphatic carbocycles. The molecular weight excluding hydrogens is 360 g/mol. The van der Waals surface area contributed by atoms with Gasteiger partial charge in [-0.2, -0.15) is 11.8 Å². The molecule has 4 rings (SSSR count). The summed E-state index contributed by atoms with van der Waals surface area (Å²) < 4.78 is 5.30. The molecule has 0 radical (unpaired) electrons. The summed E-state index contributed by atoms with van der Waals surface area (Å²) in [5, 5.41) is 0. The zero-order chi connectivity index (χ0) is 18.9. The maximum atomic E-state index is 13.8. The molecule has 2 aliphatic heterocycles. The molecule has 2 amide bonds. The van der Waals surface area contributed by atoms with Gasteiger partial charge in [0.05, 0.1) is 18.1 Å². The quantitative estimate of drug-likeness (QED) is 0.796. The SMILES string of the molecule is COCCN1C(=O)c2ccccc2C(C(=O)N2CCSCC2)C12CCCC2. The van der Waals surface area contributed by atoms with Crippen LogP contribution in [0.5, 0.6) is 0 Å². The van der Waals surface area contributed by atoms with Crippen LogP contribution in [-0.4, -0.2) is 72.0 Å². The van der Waals surface area contributed by atoms with Crippen LogP contribution >= 0.6 is 11.8 Å². The Morgan fingerprint density at radius 2 is 1.93 bits per heavy atom. The van der Waals surface area contributed by atoms with Gasteiger partial charge in [0, 0.05) is 43.8 Å². The number of thioether (sulfide) groups is 1.